The van der Waals surface area contributed by atoms with Crippen molar-refractivity contribution in [3.05, 3.63) is 55.9 Å². The molecule has 0 unspecified atom stereocenters. The van der Waals surface area contributed by atoms with Crippen LogP contribution < -0.4 is 5.56 Å². The Morgan fingerprint density at radius 3 is 2.46 bits per heavy atom. The third kappa shape index (κ3) is 4.62. The summed E-state index contributed by atoms with van der Waals surface area (Å²) in [5.74, 6) is 2.16. The zero-order valence-corrected chi connectivity index (χ0v) is 15.9. The molecule has 8 nitrogen and oxygen atoms in total. The summed E-state index contributed by atoms with van der Waals surface area (Å²) < 4.78 is 1.22. The molecule has 1 aromatic carbocycles. The van der Waals surface area contributed by atoms with Gasteiger partial charge in [-0.05, 0) is 25.5 Å². The van der Waals surface area contributed by atoms with Crippen molar-refractivity contribution >= 4 is 17.1 Å². The van der Waals surface area contributed by atoms with E-state index in [1.165, 1.54) is 28.8 Å². The number of aromatic nitrogens is 1. The average molecular weight is 382 g/mol. The van der Waals surface area contributed by atoms with Crippen LogP contribution in [0.1, 0.15) is 43.7 Å². The van der Waals surface area contributed by atoms with Crippen molar-refractivity contribution in [3.8, 4) is 18.2 Å². The predicted molar refractivity (Wildman–Crippen MR) is 106 cm³/mol. The van der Waals surface area contributed by atoms with Crippen LogP contribution in [0.5, 0.6) is 5.88 Å². The molecular weight excluding hydrogens is 360 g/mol. The first-order valence-electron chi connectivity index (χ1n) is 8.99. The van der Waals surface area contributed by atoms with E-state index in [4.69, 9.17) is 6.42 Å². The van der Waals surface area contributed by atoms with Gasteiger partial charge in [-0.25, -0.2) is 0 Å². The Bertz CT molecular complexity index is 985. The molecule has 2 aromatic rings. The maximum atomic E-state index is 12.8. The predicted octanol–water partition coefficient (Wildman–Crippen LogP) is 4.75. The van der Waals surface area contributed by atoms with Crippen LogP contribution in [0.4, 0.5) is 17.1 Å². The Morgan fingerprint density at radius 1 is 1.21 bits per heavy atom. The first kappa shape index (κ1) is 20.8. The first-order chi connectivity index (χ1) is 13.4. The van der Waals surface area contributed by atoms with Crippen LogP contribution in [0.3, 0.4) is 0 Å². The van der Waals surface area contributed by atoms with E-state index in [0.29, 0.717) is 17.8 Å². The third-order valence-corrected chi connectivity index (χ3v) is 4.36. The molecule has 0 atom stereocenters. The van der Waals surface area contributed by atoms with Crippen LogP contribution in [-0.4, -0.2) is 14.6 Å². The van der Waals surface area contributed by atoms with Gasteiger partial charge in [0, 0.05) is 24.2 Å². The Balaban J connectivity index is 2.41. The number of azo groups is 1. The summed E-state index contributed by atoms with van der Waals surface area (Å²) in [4.78, 5) is 23.0. The molecular formula is C20H22N4O4. The number of nitro benzene ring substituents is 1. The molecule has 28 heavy (non-hydrogen) atoms. The summed E-state index contributed by atoms with van der Waals surface area (Å²) in [5.41, 5.74) is 0.419. The molecule has 0 radical (unpaired) electrons. The van der Waals surface area contributed by atoms with E-state index in [-0.39, 0.29) is 22.8 Å². The Hall–Kier alpha value is -3.47. The van der Waals surface area contributed by atoms with Gasteiger partial charge in [-0.2, -0.15) is 5.11 Å². The van der Waals surface area contributed by atoms with Gasteiger partial charge in [0.05, 0.1) is 16.2 Å². The van der Waals surface area contributed by atoms with Crippen molar-refractivity contribution in [2.45, 2.75) is 46.1 Å². The molecule has 0 aliphatic heterocycles. The number of aromatic hydroxyl groups is 1. The molecule has 1 heterocycles. The molecule has 0 saturated carbocycles. The number of non-ortho nitro benzene ring substituents is 1. The smallest absolute Gasteiger partial charge is 0.281 e. The van der Waals surface area contributed by atoms with Crippen LogP contribution in [0.15, 0.2) is 39.3 Å². The highest BCUT2D eigenvalue weighted by Crippen LogP contribution is 2.27. The summed E-state index contributed by atoms with van der Waals surface area (Å²) in [6, 6.07) is 5.47. The highest BCUT2D eigenvalue weighted by Gasteiger charge is 2.18. The molecule has 0 aliphatic rings. The molecule has 0 saturated heterocycles. The molecule has 146 valence electrons. The fourth-order valence-electron chi connectivity index (χ4n) is 2.75. The van der Waals surface area contributed by atoms with Gasteiger partial charge in [0.2, 0.25) is 5.88 Å². The second-order valence-corrected chi connectivity index (χ2v) is 6.31. The quantitative estimate of drug-likeness (QED) is 0.233. The molecule has 0 aliphatic carbocycles. The van der Waals surface area contributed by atoms with E-state index in [1.807, 2.05) is 0 Å². The second-order valence-electron chi connectivity index (χ2n) is 6.31. The Labute approximate surface area is 162 Å². The highest BCUT2D eigenvalue weighted by molar-refractivity contribution is 5.57. The maximum Gasteiger partial charge on any atom is 0.281 e. The number of terminal acetylenes is 1. The van der Waals surface area contributed by atoms with Crippen LogP contribution in [0.2, 0.25) is 0 Å². The number of hydrogen-bond donors (Lipinski definition) is 1. The zero-order valence-electron chi connectivity index (χ0n) is 15.9. The molecule has 1 aromatic heterocycles. The number of rotatable bonds is 8. The number of nitrogens with zero attached hydrogens (tertiary/aromatic N) is 4. The molecule has 8 heteroatoms. The summed E-state index contributed by atoms with van der Waals surface area (Å²) >= 11 is 0. The number of pyridine rings is 1. The minimum Gasteiger partial charge on any atom is -0.493 e. The molecule has 1 N–H and O–H groups in total. The van der Waals surface area contributed by atoms with Gasteiger partial charge in [-0.15, -0.1) is 11.5 Å². The van der Waals surface area contributed by atoms with Gasteiger partial charge in [0.15, 0.2) is 5.69 Å². The zero-order chi connectivity index (χ0) is 20.7. The van der Waals surface area contributed by atoms with Gasteiger partial charge >= 0.3 is 0 Å². The molecule has 0 spiro atoms. The van der Waals surface area contributed by atoms with Gasteiger partial charge in [0.1, 0.15) is 0 Å². The number of hydrogen-bond acceptors (Lipinski definition) is 6. The maximum absolute atomic E-state index is 12.8. The first-order valence-corrected chi connectivity index (χ1v) is 8.99. The number of nitro groups is 1. The lowest BCUT2D eigenvalue weighted by atomic mass is 10.1. The summed E-state index contributed by atoms with van der Waals surface area (Å²) in [7, 11) is 0. The van der Waals surface area contributed by atoms with Crippen molar-refractivity contribution in [1.29, 1.82) is 0 Å². The number of unbranched alkanes of at least 4 members (excludes halogenated alkanes) is 3. The van der Waals surface area contributed by atoms with E-state index >= 15 is 0 Å². The minimum absolute atomic E-state index is 0.0413. The summed E-state index contributed by atoms with van der Waals surface area (Å²) in [5, 5.41) is 29.1. The molecule has 0 amide bonds. The van der Waals surface area contributed by atoms with Gasteiger partial charge in [-0.3, -0.25) is 19.5 Å². The third-order valence-electron chi connectivity index (χ3n) is 4.36. The van der Waals surface area contributed by atoms with Crippen molar-refractivity contribution in [2.75, 3.05) is 0 Å². The SMILES string of the molecule is C#Cc1c(C)c(N=Nc2ccc([N+](=O)[O-])cc2)c(=O)n(CCCCCC)c1O. The fourth-order valence-corrected chi connectivity index (χ4v) is 2.75. The largest absolute Gasteiger partial charge is 0.493 e. The number of benzene rings is 1. The lowest BCUT2D eigenvalue weighted by Gasteiger charge is -2.13. The Kier molecular flexibility index (Phi) is 7.04. The standard InChI is InChI=1S/C20H22N4O4/c1-4-6-7-8-13-23-19(25)17(5-2)14(3)18(20(23)26)22-21-15-9-11-16(12-10-15)24(27)28/h2,9-12,25H,4,6-8,13H2,1,3H3. The van der Waals surface area contributed by atoms with Crippen molar-refractivity contribution in [1.82, 2.24) is 4.57 Å². The van der Waals surface area contributed by atoms with E-state index in [1.54, 1.807) is 6.92 Å². The van der Waals surface area contributed by atoms with Crippen LogP contribution in [0.25, 0.3) is 0 Å². The van der Waals surface area contributed by atoms with Crippen LogP contribution >= 0.6 is 0 Å². The fraction of sp³-hybridized carbons (Fsp3) is 0.350. The molecule has 0 bridgehead atoms. The normalized spacial score (nSPS) is 10.9. The van der Waals surface area contributed by atoms with Crippen LogP contribution in [0, 0.1) is 29.4 Å². The van der Waals surface area contributed by atoms with Crippen molar-refractivity contribution in [3.63, 3.8) is 0 Å². The summed E-state index contributed by atoms with van der Waals surface area (Å²) in [6.45, 7) is 4.02. The van der Waals surface area contributed by atoms with E-state index < -0.39 is 10.5 Å². The molecule has 0 fully saturated rings. The van der Waals surface area contributed by atoms with E-state index in [2.05, 4.69) is 23.1 Å². The van der Waals surface area contributed by atoms with E-state index in [0.717, 1.165) is 25.7 Å². The lowest BCUT2D eigenvalue weighted by Crippen LogP contribution is -2.22. The minimum atomic E-state index is -0.512. The molecule has 2 rings (SSSR count). The monoisotopic (exact) mass is 382 g/mol. The van der Waals surface area contributed by atoms with Crippen molar-refractivity contribution in [2.24, 2.45) is 10.2 Å². The lowest BCUT2D eigenvalue weighted by molar-refractivity contribution is -0.384. The topological polar surface area (TPSA) is 110 Å². The van der Waals surface area contributed by atoms with Crippen molar-refractivity contribution < 1.29 is 10.0 Å². The van der Waals surface area contributed by atoms with Crippen LogP contribution in [-0.2, 0) is 6.54 Å². The second kappa shape index (κ2) is 9.46. The Morgan fingerprint density at radius 2 is 1.89 bits per heavy atom. The van der Waals surface area contributed by atoms with Gasteiger partial charge < -0.3 is 5.11 Å². The average Bonchev–Trinajstić information content (AvgIpc) is 2.68. The van der Waals surface area contributed by atoms with E-state index in [9.17, 15) is 20.0 Å². The highest BCUT2D eigenvalue weighted by atomic mass is 16.6. The van der Waals surface area contributed by atoms with Gasteiger partial charge in [0.25, 0.3) is 11.2 Å². The van der Waals surface area contributed by atoms with Gasteiger partial charge in [-0.1, -0.05) is 32.1 Å². The summed E-state index contributed by atoms with van der Waals surface area (Å²) in [6.07, 6.45) is 9.26.